The smallest absolute Gasteiger partial charge is 0.265 e. The first-order valence-corrected chi connectivity index (χ1v) is 15.5. The summed E-state index contributed by atoms with van der Waals surface area (Å²) in [4.78, 5) is 35.0. The van der Waals surface area contributed by atoms with E-state index in [-0.39, 0.29) is 17.9 Å². The Balaban J connectivity index is 1.46. The van der Waals surface area contributed by atoms with Crippen LogP contribution in [0.2, 0.25) is 0 Å². The second kappa shape index (κ2) is 15.0. The van der Waals surface area contributed by atoms with Gasteiger partial charge in [0, 0.05) is 29.6 Å². The summed E-state index contributed by atoms with van der Waals surface area (Å²) >= 11 is 1.49. The van der Waals surface area contributed by atoms with Crippen LogP contribution in [0.4, 0.5) is 5.69 Å². The van der Waals surface area contributed by atoms with Crippen LogP contribution in [0.15, 0.2) is 88.7 Å². The molecule has 0 fully saturated rings. The van der Waals surface area contributed by atoms with Crippen molar-refractivity contribution in [2.75, 3.05) is 44.2 Å². The van der Waals surface area contributed by atoms with Crippen LogP contribution in [-0.4, -0.2) is 66.9 Å². The summed E-state index contributed by atoms with van der Waals surface area (Å²) in [5, 5.41) is 3.16. The van der Waals surface area contributed by atoms with Crippen LogP contribution in [0.1, 0.15) is 49.2 Å². The lowest BCUT2D eigenvalue weighted by molar-refractivity contribution is -0.114. The summed E-state index contributed by atoms with van der Waals surface area (Å²) in [7, 11) is 0. The van der Waals surface area contributed by atoms with E-state index in [9.17, 15) is 9.59 Å². The zero-order valence-electron chi connectivity index (χ0n) is 24.7. The molecular formula is C34H42N4O2S. The minimum atomic E-state index is -0.0769. The molecule has 1 heterocycles. The monoisotopic (exact) mass is 570 g/mol. The SMILES string of the molecule is CCN(CC)CC(CNC(=O)c1ccc(/C=C2\Sc3ccccc3N(Cc3ccccc3)C2=O)cc1)N(CC)CC. The van der Waals surface area contributed by atoms with Gasteiger partial charge in [-0.05, 0) is 67.6 Å². The molecule has 4 rings (SSSR count). The first kappa shape index (κ1) is 30.6. The normalized spacial score (nSPS) is 14.9. The molecule has 3 aromatic rings. The highest BCUT2D eigenvalue weighted by Gasteiger charge is 2.29. The highest BCUT2D eigenvalue weighted by molar-refractivity contribution is 8.04. The Morgan fingerprint density at radius 1 is 0.878 bits per heavy atom. The molecule has 1 aliphatic rings. The van der Waals surface area contributed by atoms with E-state index in [1.807, 2.05) is 83.8 Å². The summed E-state index contributed by atoms with van der Waals surface area (Å²) < 4.78 is 0. The minimum absolute atomic E-state index is 0.0185. The average Bonchev–Trinajstić information content (AvgIpc) is 3.01. The van der Waals surface area contributed by atoms with Crippen LogP contribution < -0.4 is 10.2 Å². The van der Waals surface area contributed by atoms with Gasteiger partial charge in [-0.2, -0.15) is 0 Å². The Labute approximate surface area is 249 Å². The van der Waals surface area contributed by atoms with E-state index in [4.69, 9.17) is 0 Å². The molecule has 2 amide bonds. The highest BCUT2D eigenvalue weighted by atomic mass is 32.2. The van der Waals surface area contributed by atoms with E-state index < -0.39 is 0 Å². The Hall–Kier alpha value is -3.39. The van der Waals surface area contributed by atoms with E-state index in [0.29, 0.717) is 23.6 Å². The highest BCUT2D eigenvalue weighted by Crippen LogP contribution is 2.42. The van der Waals surface area contributed by atoms with Gasteiger partial charge in [0.15, 0.2) is 0 Å². The number of fused-ring (bicyclic) bond motifs is 1. The van der Waals surface area contributed by atoms with Crippen LogP contribution in [0.5, 0.6) is 0 Å². The van der Waals surface area contributed by atoms with Crippen molar-refractivity contribution in [2.24, 2.45) is 0 Å². The molecule has 0 saturated carbocycles. The summed E-state index contributed by atoms with van der Waals surface area (Å²) in [6.07, 6.45) is 1.92. The van der Waals surface area contributed by atoms with Crippen molar-refractivity contribution >= 4 is 35.3 Å². The minimum Gasteiger partial charge on any atom is -0.350 e. The zero-order valence-corrected chi connectivity index (χ0v) is 25.5. The van der Waals surface area contributed by atoms with Gasteiger partial charge in [-0.15, -0.1) is 0 Å². The third kappa shape index (κ3) is 7.88. The first-order valence-electron chi connectivity index (χ1n) is 14.7. The summed E-state index contributed by atoms with van der Waals surface area (Å²) in [6, 6.07) is 25.8. The van der Waals surface area contributed by atoms with Gasteiger partial charge < -0.3 is 15.1 Å². The van der Waals surface area contributed by atoms with Gasteiger partial charge in [0.1, 0.15) is 0 Å². The van der Waals surface area contributed by atoms with Crippen molar-refractivity contribution in [3.8, 4) is 0 Å². The number of para-hydroxylation sites is 1. The molecule has 0 radical (unpaired) electrons. The lowest BCUT2D eigenvalue weighted by Gasteiger charge is -2.33. The molecule has 3 aromatic carbocycles. The number of carbonyl (C=O) groups is 2. The molecule has 1 N–H and O–H groups in total. The molecule has 41 heavy (non-hydrogen) atoms. The quantitative estimate of drug-likeness (QED) is 0.250. The maximum absolute atomic E-state index is 13.6. The fourth-order valence-corrected chi connectivity index (χ4v) is 6.27. The van der Waals surface area contributed by atoms with Crippen LogP contribution >= 0.6 is 11.8 Å². The summed E-state index contributed by atoms with van der Waals surface area (Å²) in [5.74, 6) is -0.0954. The van der Waals surface area contributed by atoms with Crippen molar-refractivity contribution in [1.29, 1.82) is 0 Å². The third-order valence-corrected chi connectivity index (χ3v) is 8.75. The lowest BCUT2D eigenvalue weighted by Crippen LogP contribution is -2.50. The number of amides is 2. The molecule has 7 heteroatoms. The van der Waals surface area contributed by atoms with Crippen molar-refractivity contribution < 1.29 is 9.59 Å². The first-order chi connectivity index (χ1) is 20.0. The van der Waals surface area contributed by atoms with Crippen LogP contribution in [0.3, 0.4) is 0 Å². The number of carbonyl (C=O) groups excluding carboxylic acids is 2. The molecule has 1 atom stereocenters. The molecule has 0 aliphatic carbocycles. The molecule has 0 aromatic heterocycles. The van der Waals surface area contributed by atoms with Crippen molar-refractivity contribution in [1.82, 2.24) is 15.1 Å². The molecule has 0 saturated heterocycles. The standard InChI is InChI=1S/C34H42N4O2S/c1-5-36(6-2)25-29(37(7-3)8-4)23-35-33(39)28-20-18-26(19-21-28)22-32-34(40)38(24-27-14-10-9-11-15-27)30-16-12-13-17-31(30)41-32/h9-22,29H,5-8,23-25H2,1-4H3,(H,35,39)/b32-22-. The summed E-state index contributed by atoms with van der Waals surface area (Å²) in [6.45, 7) is 14.6. The largest absolute Gasteiger partial charge is 0.350 e. The second-order valence-corrected chi connectivity index (χ2v) is 11.2. The molecule has 0 bridgehead atoms. The number of benzene rings is 3. The van der Waals surface area contributed by atoms with Gasteiger partial charge in [0.25, 0.3) is 11.8 Å². The molecule has 216 valence electrons. The van der Waals surface area contributed by atoms with Gasteiger partial charge in [-0.25, -0.2) is 0 Å². The second-order valence-electron chi connectivity index (χ2n) is 10.1. The van der Waals surface area contributed by atoms with E-state index in [1.165, 1.54) is 11.8 Å². The Kier molecular flexibility index (Phi) is 11.2. The van der Waals surface area contributed by atoms with E-state index in [2.05, 4.69) is 48.9 Å². The Bertz CT molecular complexity index is 1320. The molecule has 1 unspecified atom stereocenters. The number of hydrogen-bond acceptors (Lipinski definition) is 5. The number of anilines is 1. The van der Waals surface area contributed by atoms with E-state index in [0.717, 1.165) is 54.4 Å². The Morgan fingerprint density at radius 2 is 1.54 bits per heavy atom. The molecule has 0 spiro atoms. The van der Waals surface area contributed by atoms with Gasteiger partial charge in [-0.3, -0.25) is 14.5 Å². The fraction of sp³-hybridized carbons (Fsp3) is 0.353. The third-order valence-electron chi connectivity index (χ3n) is 7.68. The zero-order chi connectivity index (χ0) is 29.2. The molecule has 6 nitrogen and oxygen atoms in total. The van der Waals surface area contributed by atoms with Crippen molar-refractivity contribution in [3.63, 3.8) is 0 Å². The predicted octanol–water partition coefficient (Wildman–Crippen LogP) is 6.15. The maximum Gasteiger partial charge on any atom is 0.265 e. The maximum atomic E-state index is 13.6. The van der Waals surface area contributed by atoms with Gasteiger partial charge in [0.05, 0.1) is 17.1 Å². The van der Waals surface area contributed by atoms with Crippen LogP contribution in [0.25, 0.3) is 6.08 Å². The van der Waals surface area contributed by atoms with Gasteiger partial charge in [0.2, 0.25) is 0 Å². The van der Waals surface area contributed by atoms with Gasteiger partial charge in [-0.1, -0.05) is 94.1 Å². The molecule has 1 aliphatic heterocycles. The number of nitrogens with one attached hydrogen (secondary N) is 1. The van der Waals surface area contributed by atoms with E-state index in [1.54, 1.807) is 0 Å². The fourth-order valence-electron chi connectivity index (χ4n) is 5.21. The van der Waals surface area contributed by atoms with E-state index >= 15 is 0 Å². The number of thioether (sulfide) groups is 1. The number of hydrogen-bond donors (Lipinski definition) is 1. The van der Waals surface area contributed by atoms with Crippen LogP contribution in [0, 0.1) is 0 Å². The predicted molar refractivity (Wildman–Crippen MR) is 171 cm³/mol. The Morgan fingerprint density at radius 3 is 2.20 bits per heavy atom. The van der Waals surface area contributed by atoms with Crippen LogP contribution in [-0.2, 0) is 11.3 Å². The number of likely N-dealkylation sites (N-methyl/N-ethyl adjacent to an activating group) is 2. The topological polar surface area (TPSA) is 55.9 Å². The van der Waals surface area contributed by atoms with Crippen molar-refractivity contribution in [3.05, 3.63) is 100 Å². The average molecular weight is 571 g/mol. The van der Waals surface area contributed by atoms with Gasteiger partial charge >= 0.3 is 0 Å². The molecular weight excluding hydrogens is 528 g/mol. The number of nitrogens with zero attached hydrogens (tertiary/aromatic N) is 3. The number of rotatable bonds is 13. The summed E-state index contributed by atoms with van der Waals surface area (Å²) in [5.41, 5.74) is 3.52. The van der Waals surface area contributed by atoms with Crippen molar-refractivity contribution in [2.45, 2.75) is 45.2 Å². The lowest BCUT2D eigenvalue weighted by atomic mass is 10.1.